The molecule has 0 bridgehead atoms. The Hall–Kier alpha value is -3.15. The largest absolute Gasteiger partial charge is 0.465 e. The third-order valence-corrected chi connectivity index (χ3v) is 3.28. The van der Waals surface area contributed by atoms with Gasteiger partial charge in [0.15, 0.2) is 0 Å². The van der Waals surface area contributed by atoms with Gasteiger partial charge in [-0.1, -0.05) is 30.3 Å². The van der Waals surface area contributed by atoms with Gasteiger partial charge < -0.3 is 10.5 Å². The highest BCUT2D eigenvalue weighted by Crippen LogP contribution is 2.19. The number of para-hydroxylation sites is 2. The SMILES string of the molecule is CC1=NN(c2ccccc2)C(=O)C1.COC(=O)c1ccccc1N. The van der Waals surface area contributed by atoms with Gasteiger partial charge in [-0.25, -0.2) is 9.80 Å². The number of methoxy groups -OCH3 is 1. The van der Waals surface area contributed by atoms with Gasteiger partial charge in [0.1, 0.15) is 0 Å². The summed E-state index contributed by atoms with van der Waals surface area (Å²) in [5, 5.41) is 5.59. The van der Waals surface area contributed by atoms with Crippen LogP contribution in [0.15, 0.2) is 59.7 Å². The van der Waals surface area contributed by atoms with Crippen molar-refractivity contribution < 1.29 is 14.3 Å². The van der Waals surface area contributed by atoms with Gasteiger partial charge in [0, 0.05) is 11.4 Å². The Bertz CT molecular complexity index is 757. The zero-order chi connectivity index (χ0) is 17.5. The molecular weight excluding hydrogens is 306 g/mol. The van der Waals surface area contributed by atoms with Gasteiger partial charge in [-0.15, -0.1) is 0 Å². The van der Waals surface area contributed by atoms with Crippen molar-refractivity contribution in [3.63, 3.8) is 0 Å². The predicted molar refractivity (Wildman–Crippen MR) is 93.8 cm³/mol. The summed E-state index contributed by atoms with van der Waals surface area (Å²) in [6, 6.07) is 16.2. The van der Waals surface area contributed by atoms with Gasteiger partial charge in [-0.05, 0) is 31.2 Å². The van der Waals surface area contributed by atoms with E-state index >= 15 is 0 Å². The number of nitrogens with two attached hydrogens (primary N) is 1. The second-order valence-corrected chi connectivity index (χ2v) is 5.13. The number of hydrogen-bond donors (Lipinski definition) is 1. The van der Waals surface area contributed by atoms with E-state index in [1.54, 1.807) is 24.3 Å². The van der Waals surface area contributed by atoms with Gasteiger partial charge >= 0.3 is 5.97 Å². The van der Waals surface area contributed by atoms with E-state index in [0.29, 0.717) is 17.7 Å². The number of benzene rings is 2. The zero-order valence-electron chi connectivity index (χ0n) is 13.6. The first kappa shape index (κ1) is 17.2. The average Bonchev–Trinajstić information content (AvgIpc) is 2.94. The average molecular weight is 325 g/mol. The topological polar surface area (TPSA) is 85.0 Å². The number of nitrogen functional groups attached to an aromatic ring is 1. The highest BCUT2D eigenvalue weighted by atomic mass is 16.5. The molecule has 0 atom stereocenters. The molecule has 24 heavy (non-hydrogen) atoms. The van der Waals surface area contributed by atoms with Gasteiger partial charge in [-0.3, -0.25) is 4.79 Å². The van der Waals surface area contributed by atoms with Crippen LogP contribution >= 0.6 is 0 Å². The molecule has 124 valence electrons. The molecule has 0 radical (unpaired) electrons. The number of rotatable bonds is 2. The summed E-state index contributed by atoms with van der Waals surface area (Å²) in [6.07, 6.45) is 0.439. The summed E-state index contributed by atoms with van der Waals surface area (Å²) >= 11 is 0. The molecule has 1 aliphatic rings. The number of ether oxygens (including phenoxy) is 1. The lowest BCUT2D eigenvalue weighted by Crippen LogP contribution is -2.19. The Morgan fingerprint density at radius 1 is 1.12 bits per heavy atom. The monoisotopic (exact) mass is 325 g/mol. The lowest BCUT2D eigenvalue weighted by molar-refractivity contribution is -0.116. The van der Waals surface area contributed by atoms with Crippen LogP contribution in [0.25, 0.3) is 0 Å². The first-order valence-electron chi connectivity index (χ1n) is 7.38. The number of amides is 1. The molecule has 2 aromatic carbocycles. The summed E-state index contributed by atoms with van der Waals surface area (Å²) in [7, 11) is 1.33. The summed E-state index contributed by atoms with van der Waals surface area (Å²) in [6.45, 7) is 1.86. The number of carbonyl (C=O) groups excluding carboxylic acids is 2. The maximum atomic E-state index is 11.4. The van der Waals surface area contributed by atoms with E-state index in [-0.39, 0.29) is 5.91 Å². The third kappa shape index (κ3) is 4.19. The van der Waals surface area contributed by atoms with E-state index < -0.39 is 5.97 Å². The van der Waals surface area contributed by atoms with Crippen LogP contribution in [0.3, 0.4) is 0 Å². The Balaban J connectivity index is 0.000000177. The van der Waals surface area contributed by atoms with Crippen molar-refractivity contribution in [3.8, 4) is 0 Å². The fourth-order valence-corrected chi connectivity index (χ4v) is 2.12. The standard InChI is InChI=1S/C10H10N2O.C8H9NO2/c1-8-7-10(13)12(11-8)9-5-3-2-4-6-9;1-11-8(10)6-4-2-3-5-7(6)9/h2-6H,7H2,1H3;2-5H,9H2,1H3. The summed E-state index contributed by atoms with van der Waals surface area (Å²) in [4.78, 5) is 22.3. The Morgan fingerprint density at radius 3 is 2.29 bits per heavy atom. The molecule has 0 unspecified atom stereocenters. The minimum Gasteiger partial charge on any atom is -0.465 e. The minimum absolute atomic E-state index is 0.0451. The Labute approximate surface area is 140 Å². The first-order valence-corrected chi connectivity index (χ1v) is 7.38. The van der Waals surface area contributed by atoms with Crippen LogP contribution in [0, 0.1) is 0 Å². The quantitative estimate of drug-likeness (QED) is 0.679. The molecule has 0 spiro atoms. The maximum Gasteiger partial charge on any atom is 0.339 e. The molecule has 0 fully saturated rings. The van der Waals surface area contributed by atoms with E-state index in [0.717, 1.165) is 11.4 Å². The number of carbonyl (C=O) groups is 2. The second-order valence-electron chi connectivity index (χ2n) is 5.13. The van der Waals surface area contributed by atoms with Crippen molar-refractivity contribution in [3.05, 3.63) is 60.2 Å². The van der Waals surface area contributed by atoms with Gasteiger partial charge in [0.25, 0.3) is 5.91 Å². The first-order chi connectivity index (χ1) is 11.5. The molecule has 1 aliphatic heterocycles. The highest BCUT2D eigenvalue weighted by Gasteiger charge is 2.21. The van der Waals surface area contributed by atoms with Crippen LogP contribution in [-0.2, 0) is 9.53 Å². The van der Waals surface area contributed by atoms with Crippen molar-refractivity contribution in [1.82, 2.24) is 0 Å². The molecule has 0 aromatic heterocycles. The molecule has 0 aliphatic carbocycles. The smallest absolute Gasteiger partial charge is 0.339 e. The summed E-state index contributed by atoms with van der Waals surface area (Å²) in [5.74, 6) is -0.355. The number of anilines is 2. The Kier molecular flexibility index (Phi) is 5.68. The Morgan fingerprint density at radius 2 is 1.75 bits per heavy atom. The van der Waals surface area contributed by atoms with E-state index in [9.17, 15) is 9.59 Å². The van der Waals surface area contributed by atoms with Crippen LogP contribution < -0.4 is 10.7 Å². The van der Waals surface area contributed by atoms with Crippen LogP contribution in [-0.4, -0.2) is 24.7 Å². The van der Waals surface area contributed by atoms with Crippen molar-refractivity contribution >= 4 is 29.0 Å². The molecular formula is C18H19N3O3. The molecule has 6 heteroatoms. The van der Waals surface area contributed by atoms with Crippen LogP contribution in [0.2, 0.25) is 0 Å². The molecule has 2 aromatic rings. The van der Waals surface area contributed by atoms with Crippen molar-refractivity contribution in [1.29, 1.82) is 0 Å². The van der Waals surface area contributed by atoms with E-state index in [1.807, 2.05) is 37.3 Å². The van der Waals surface area contributed by atoms with E-state index in [4.69, 9.17) is 5.73 Å². The molecule has 0 saturated carbocycles. The second kappa shape index (κ2) is 7.92. The number of hydrazone groups is 1. The molecule has 6 nitrogen and oxygen atoms in total. The minimum atomic E-state index is -0.400. The highest BCUT2D eigenvalue weighted by molar-refractivity contribution is 6.12. The van der Waals surface area contributed by atoms with Gasteiger partial charge in [0.2, 0.25) is 0 Å². The van der Waals surface area contributed by atoms with Gasteiger partial charge in [0.05, 0.1) is 24.8 Å². The molecule has 0 saturated heterocycles. The fourth-order valence-electron chi connectivity index (χ4n) is 2.12. The number of nitrogens with zero attached hydrogens (tertiary/aromatic N) is 2. The lowest BCUT2D eigenvalue weighted by atomic mass is 10.2. The lowest BCUT2D eigenvalue weighted by Gasteiger charge is -2.10. The maximum absolute atomic E-state index is 11.4. The third-order valence-electron chi connectivity index (χ3n) is 3.28. The van der Waals surface area contributed by atoms with Crippen LogP contribution in [0.5, 0.6) is 0 Å². The van der Waals surface area contributed by atoms with Crippen LogP contribution in [0.4, 0.5) is 11.4 Å². The molecule has 3 rings (SSSR count). The molecule has 1 amide bonds. The fraction of sp³-hybridized carbons (Fsp3) is 0.167. The summed E-state index contributed by atoms with van der Waals surface area (Å²) in [5.41, 5.74) is 8.06. The predicted octanol–water partition coefficient (Wildman–Crippen LogP) is 2.85. The number of esters is 1. The normalized spacial score (nSPS) is 13.0. The van der Waals surface area contributed by atoms with E-state index in [2.05, 4.69) is 9.84 Å². The zero-order valence-corrected chi connectivity index (χ0v) is 13.6. The van der Waals surface area contributed by atoms with Crippen molar-refractivity contribution in [2.24, 2.45) is 5.10 Å². The van der Waals surface area contributed by atoms with Gasteiger partial charge in [-0.2, -0.15) is 5.10 Å². The van der Waals surface area contributed by atoms with E-state index in [1.165, 1.54) is 12.1 Å². The number of hydrogen-bond acceptors (Lipinski definition) is 5. The van der Waals surface area contributed by atoms with Crippen molar-refractivity contribution in [2.45, 2.75) is 13.3 Å². The molecule has 1 heterocycles. The molecule has 2 N–H and O–H groups in total. The summed E-state index contributed by atoms with van der Waals surface area (Å²) < 4.78 is 4.50. The van der Waals surface area contributed by atoms with Crippen LogP contribution in [0.1, 0.15) is 23.7 Å². The van der Waals surface area contributed by atoms with Crippen molar-refractivity contribution in [2.75, 3.05) is 17.9 Å².